The Bertz CT molecular complexity index is 753. The van der Waals surface area contributed by atoms with E-state index >= 15 is 0 Å². The average molecular weight is 354 g/mol. The molecular weight excluding hydrogens is 324 g/mol. The average Bonchev–Trinajstić information content (AvgIpc) is 3.37. The van der Waals surface area contributed by atoms with Gasteiger partial charge in [-0.3, -0.25) is 0 Å². The van der Waals surface area contributed by atoms with E-state index in [9.17, 15) is 0 Å². The molecule has 1 saturated carbocycles. The summed E-state index contributed by atoms with van der Waals surface area (Å²) in [5.41, 5.74) is 9.09. The Hall–Kier alpha value is -2.14. The quantitative estimate of drug-likeness (QED) is 0.744. The van der Waals surface area contributed by atoms with Gasteiger partial charge in [-0.25, -0.2) is 9.97 Å². The molecule has 0 saturated heterocycles. The fraction of sp³-hybridized carbons (Fsp3) is 0.524. The van der Waals surface area contributed by atoms with Crippen LogP contribution in [0.5, 0.6) is 5.75 Å². The predicted molar refractivity (Wildman–Crippen MR) is 106 cm³/mol. The third kappa shape index (κ3) is 5.18. The monoisotopic (exact) mass is 354 g/mol. The highest BCUT2D eigenvalue weighted by Gasteiger charge is 2.22. The van der Waals surface area contributed by atoms with Crippen LogP contribution in [0.25, 0.3) is 11.3 Å². The first-order valence-electron chi connectivity index (χ1n) is 9.45. The minimum Gasteiger partial charge on any atom is -0.491 e. The summed E-state index contributed by atoms with van der Waals surface area (Å²) < 4.78 is 6.01. The van der Waals surface area contributed by atoms with Crippen molar-refractivity contribution in [3.05, 3.63) is 36.0 Å². The SMILES string of the molecule is Cc1cc(-c2ccnc(NC3CC3)n2)ccc1OCC(C)(N)CC(C)C. The van der Waals surface area contributed by atoms with Crippen molar-refractivity contribution in [2.45, 2.75) is 58.5 Å². The van der Waals surface area contributed by atoms with Crippen LogP contribution in [0.2, 0.25) is 0 Å². The van der Waals surface area contributed by atoms with Crippen molar-refractivity contribution in [2.75, 3.05) is 11.9 Å². The Morgan fingerprint density at radius 2 is 2.08 bits per heavy atom. The van der Waals surface area contributed by atoms with Gasteiger partial charge in [-0.15, -0.1) is 0 Å². The number of aryl methyl sites for hydroxylation is 1. The van der Waals surface area contributed by atoms with E-state index in [-0.39, 0.29) is 5.54 Å². The lowest BCUT2D eigenvalue weighted by molar-refractivity contribution is 0.206. The first-order chi connectivity index (χ1) is 12.3. The maximum absolute atomic E-state index is 6.35. The number of rotatable bonds is 8. The minimum atomic E-state index is -0.324. The van der Waals surface area contributed by atoms with Crippen LogP contribution in [0.15, 0.2) is 30.5 Å². The summed E-state index contributed by atoms with van der Waals surface area (Å²) in [6.07, 6.45) is 5.14. The van der Waals surface area contributed by atoms with Crippen LogP contribution in [0.3, 0.4) is 0 Å². The van der Waals surface area contributed by atoms with E-state index in [2.05, 4.69) is 42.1 Å². The molecule has 26 heavy (non-hydrogen) atoms. The molecule has 3 N–H and O–H groups in total. The molecule has 140 valence electrons. The Kier molecular flexibility index (Phi) is 5.47. The van der Waals surface area contributed by atoms with Crippen LogP contribution < -0.4 is 15.8 Å². The molecule has 5 nitrogen and oxygen atoms in total. The number of anilines is 1. The lowest BCUT2D eigenvalue weighted by atomic mass is 9.93. The fourth-order valence-corrected chi connectivity index (χ4v) is 3.20. The molecule has 0 bridgehead atoms. The highest BCUT2D eigenvalue weighted by Crippen LogP contribution is 2.28. The molecule has 0 aliphatic heterocycles. The molecule has 1 aliphatic carbocycles. The van der Waals surface area contributed by atoms with Crippen molar-refractivity contribution in [2.24, 2.45) is 11.7 Å². The highest BCUT2D eigenvalue weighted by atomic mass is 16.5. The minimum absolute atomic E-state index is 0.324. The van der Waals surface area contributed by atoms with Crippen LogP contribution in [-0.4, -0.2) is 28.2 Å². The third-order valence-corrected chi connectivity index (χ3v) is 4.47. The molecule has 1 aromatic carbocycles. The van der Waals surface area contributed by atoms with Gasteiger partial charge in [0.05, 0.1) is 5.69 Å². The van der Waals surface area contributed by atoms with Gasteiger partial charge in [-0.05, 0) is 68.9 Å². The Morgan fingerprint density at radius 1 is 1.31 bits per heavy atom. The lowest BCUT2D eigenvalue weighted by Gasteiger charge is -2.27. The zero-order chi connectivity index (χ0) is 18.7. The topological polar surface area (TPSA) is 73.1 Å². The number of nitrogens with one attached hydrogen (secondary N) is 1. The van der Waals surface area contributed by atoms with Gasteiger partial charge in [-0.1, -0.05) is 13.8 Å². The molecule has 5 heteroatoms. The van der Waals surface area contributed by atoms with E-state index in [1.54, 1.807) is 6.20 Å². The summed E-state index contributed by atoms with van der Waals surface area (Å²) in [7, 11) is 0. The van der Waals surface area contributed by atoms with E-state index in [4.69, 9.17) is 10.5 Å². The predicted octanol–water partition coefficient (Wildman–Crippen LogP) is 4.17. The molecule has 1 heterocycles. The van der Waals surface area contributed by atoms with Crippen LogP contribution in [0.4, 0.5) is 5.95 Å². The summed E-state index contributed by atoms with van der Waals surface area (Å²) in [6, 6.07) is 8.63. The first-order valence-corrected chi connectivity index (χ1v) is 9.45. The van der Waals surface area contributed by atoms with Crippen molar-refractivity contribution in [1.29, 1.82) is 0 Å². The number of benzene rings is 1. The number of hydrogen-bond donors (Lipinski definition) is 2. The van der Waals surface area contributed by atoms with E-state index in [0.717, 1.165) is 29.0 Å². The molecule has 3 rings (SSSR count). The number of ether oxygens (including phenoxy) is 1. The van der Waals surface area contributed by atoms with Crippen molar-refractivity contribution in [3.63, 3.8) is 0 Å². The van der Waals surface area contributed by atoms with E-state index in [1.807, 2.05) is 25.1 Å². The van der Waals surface area contributed by atoms with Crippen molar-refractivity contribution < 1.29 is 4.74 Å². The molecule has 1 aliphatic rings. The van der Waals surface area contributed by atoms with Gasteiger partial charge >= 0.3 is 0 Å². The molecule has 1 fully saturated rings. The van der Waals surface area contributed by atoms with Crippen LogP contribution in [-0.2, 0) is 0 Å². The van der Waals surface area contributed by atoms with Gasteiger partial charge in [0.2, 0.25) is 5.95 Å². The molecule has 0 amide bonds. The van der Waals surface area contributed by atoms with E-state index < -0.39 is 0 Å². The Labute approximate surface area is 156 Å². The van der Waals surface area contributed by atoms with Crippen LogP contribution in [0, 0.1) is 12.8 Å². The zero-order valence-corrected chi connectivity index (χ0v) is 16.2. The summed E-state index contributed by atoms with van der Waals surface area (Å²) in [4.78, 5) is 8.93. The van der Waals surface area contributed by atoms with Crippen molar-refractivity contribution in [1.82, 2.24) is 9.97 Å². The van der Waals surface area contributed by atoms with Crippen molar-refractivity contribution >= 4 is 5.95 Å². The van der Waals surface area contributed by atoms with Gasteiger partial charge < -0.3 is 15.8 Å². The second kappa shape index (κ2) is 7.62. The standard InChI is InChI=1S/C21H30N4O/c1-14(2)12-21(4,22)13-26-19-8-5-16(11-15(19)3)18-9-10-23-20(25-18)24-17-6-7-17/h5,8-11,14,17H,6-7,12-13,22H2,1-4H3,(H,23,24,25). The number of nitrogens with two attached hydrogens (primary N) is 1. The number of nitrogens with zero attached hydrogens (tertiary/aromatic N) is 2. The maximum Gasteiger partial charge on any atom is 0.223 e. The molecule has 0 spiro atoms. The fourth-order valence-electron chi connectivity index (χ4n) is 3.20. The van der Waals surface area contributed by atoms with Gasteiger partial charge in [-0.2, -0.15) is 0 Å². The van der Waals surface area contributed by atoms with Gasteiger partial charge in [0.25, 0.3) is 0 Å². The molecule has 0 radical (unpaired) electrons. The second-order valence-corrected chi connectivity index (χ2v) is 8.21. The van der Waals surface area contributed by atoms with Crippen LogP contribution >= 0.6 is 0 Å². The van der Waals surface area contributed by atoms with E-state index in [0.29, 0.717) is 24.5 Å². The summed E-state index contributed by atoms with van der Waals surface area (Å²) >= 11 is 0. The van der Waals surface area contributed by atoms with Gasteiger partial charge in [0.1, 0.15) is 12.4 Å². The summed E-state index contributed by atoms with van der Waals surface area (Å²) in [5.74, 6) is 2.13. The highest BCUT2D eigenvalue weighted by molar-refractivity contribution is 5.62. The smallest absolute Gasteiger partial charge is 0.223 e. The summed E-state index contributed by atoms with van der Waals surface area (Å²) in [6.45, 7) is 8.97. The number of aromatic nitrogens is 2. The third-order valence-electron chi connectivity index (χ3n) is 4.47. The molecule has 2 aromatic rings. The largest absolute Gasteiger partial charge is 0.491 e. The molecular formula is C21H30N4O. The summed E-state index contributed by atoms with van der Waals surface area (Å²) in [5, 5.41) is 3.34. The van der Waals surface area contributed by atoms with Crippen LogP contribution in [0.1, 0.15) is 45.6 Å². The Balaban J connectivity index is 1.69. The normalized spacial score (nSPS) is 16.4. The Morgan fingerprint density at radius 3 is 2.73 bits per heavy atom. The van der Waals surface area contributed by atoms with Crippen molar-refractivity contribution in [3.8, 4) is 17.0 Å². The van der Waals surface area contributed by atoms with Gasteiger partial charge in [0.15, 0.2) is 0 Å². The lowest BCUT2D eigenvalue weighted by Crippen LogP contribution is -2.43. The molecule has 1 aromatic heterocycles. The van der Waals surface area contributed by atoms with E-state index in [1.165, 1.54) is 12.8 Å². The second-order valence-electron chi connectivity index (χ2n) is 8.21. The van der Waals surface area contributed by atoms with Gasteiger partial charge in [0, 0.05) is 23.3 Å². The zero-order valence-electron chi connectivity index (χ0n) is 16.2. The first kappa shape index (κ1) is 18.6. The molecule has 1 unspecified atom stereocenters. The maximum atomic E-state index is 6.35. The number of hydrogen-bond acceptors (Lipinski definition) is 5. The molecule has 1 atom stereocenters.